The Balaban J connectivity index is 1.71. The van der Waals surface area contributed by atoms with Crippen molar-refractivity contribution in [1.82, 2.24) is 5.32 Å². The van der Waals surface area contributed by atoms with E-state index >= 15 is 0 Å². The van der Waals surface area contributed by atoms with Gasteiger partial charge in [-0.25, -0.2) is 0 Å². The zero-order valence-electron chi connectivity index (χ0n) is 13.7. The Kier molecular flexibility index (Phi) is 3.05. The normalized spacial score (nSPS) is 42.4. The molecule has 4 aliphatic rings. The molecule has 21 heavy (non-hydrogen) atoms. The van der Waals surface area contributed by atoms with Crippen molar-refractivity contribution in [2.45, 2.75) is 65.3 Å². The van der Waals surface area contributed by atoms with Crippen molar-refractivity contribution < 1.29 is 4.42 Å². The summed E-state index contributed by atoms with van der Waals surface area (Å²) in [5.74, 6) is 4.16. The molecule has 1 heterocycles. The van der Waals surface area contributed by atoms with Gasteiger partial charge in [-0.05, 0) is 86.8 Å². The highest BCUT2D eigenvalue weighted by Gasteiger charge is 2.58. The maximum absolute atomic E-state index is 6.06. The fourth-order valence-corrected chi connectivity index (χ4v) is 6.57. The zero-order chi connectivity index (χ0) is 14.7. The Morgan fingerprint density at radius 2 is 1.95 bits per heavy atom. The lowest BCUT2D eigenvalue weighted by molar-refractivity contribution is -0.121. The number of nitrogens with one attached hydrogen (secondary N) is 1. The van der Waals surface area contributed by atoms with Gasteiger partial charge in [-0.2, -0.15) is 0 Å². The minimum absolute atomic E-state index is 0.418. The monoisotopic (exact) mass is 287 g/mol. The van der Waals surface area contributed by atoms with Crippen molar-refractivity contribution in [2.75, 3.05) is 6.54 Å². The molecule has 0 aromatic carbocycles. The lowest BCUT2D eigenvalue weighted by atomic mass is 9.43. The number of rotatable bonds is 4. The summed E-state index contributed by atoms with van der Waals surface area (Å²) in [5.41, 5.74) is 1.04. The van der Waals surface area contributed by atoms with Crippen LogP contribution in [0.25, 0.3) is 0 Å². The third-order valence-corrected chi connectivity index (χ3v) is 6.47. The standard InChI is InChI=1S/C19H29NO/c1-4-20-17(16-6-5-13(2)21-16)19-10-14-7-15(11-19)9-18(3,8-14)12-19/h5-6,14-15,17,20H,4,7-12H2,1-3H3. The van der Waals surface area contributed by atoms with E-state index in [2.05, 4.69) is 38.2 Å². The summed E-state index contributed by atoms with van der Waals surface area (Å²) >= 11 is 0. The zero-order valence-corrected chi connectivity index (χ0v) is 13.7. The molecule has 4 aliphatic carbocycles. The first-order chi connectivity index (χ1) is 10.0. The van der Waals surface area contributed by atoms with Crippen molar-refractivity contribution in [3.8, 4) is 0 Å². The first-order valence-electron chi connectivity index (χ1n) is 8.82. The number of aryl methyl sites for hydroxylation is 1. The summed E-state index contributed by atoms with van der Waals surface area (Å²) in [6.07, 6.45) is 8.66. The van der Waals surface area contributed by atoms with Crippen LogP contribution in [0.4, 0.5) is 0 Å². The summed E-state index contributed by atoms with van der Waals surface area (Å²) in [6, 6.07) is 4.76. The van der Waals surface area contributed by atoms with E-state index in [1.807, 2.05) is 0 Å². The molecule has 1 N–H and O–H groups in total. The van der Waals surface area contributed by atoms with Crippen LogP contribution in [-0.2, 0) is 0 Å². The van der Waals surface area contributed by atoms with Gasteiger partial charge in [0.05, 0.1) is 6.04 Å². The molecule has 4 fully saturated rings. The largest absolute Gasteiger partial charge is 0.465 e. The molecule has 1 aromatic rings. The van der Waals surface area contributed by atoms with Gasteiger partial charge in [0.25, 0.3) is 0 Å². The summed E-state index contributed by atoms with van der Waals surface area (Å²) in [7, 11) is 0. The second kappa shape index (κ2) is 4.62. The molecule has 3 unspecified atom stereocenters. The Labute approximate surface area is 128 Å². The SMILES string of the molecule is CCNC(c1ccc(C)o1)C12CC3CC(CC(C)(C3)C1)C2. The topological polar surface area (TPSA) is 25.2 Å². The van der Waals surface area contributed by atoms with Crippen LogP contribution in [0.3, 0.4) is 0 Å². The molecule has 0 radical (unpaired) electrons. The van der Waals surface area contributed by atoms with Gasteiger partial charge in [0.1, 0.15) is 11.5 Å². The van der Waals surface area contributed by atoms with Crippen LogP contribution in [0.1, 0.15) is 69.9 Å². The van der Waals surface area contributed by atoms with Crippen LogP contribution in [0.5, 0.6) is 0 Å². The maximum Gasteiger partial charge on any atom is 0.121 e. The molecule has 116 valence electrons. The Morgan fingerprint density at radius 3 is 2.48 bits per heavy atom. The summed E-state index contributed by atoms with van der Waals surface area (Å²) in [4.78, 5) is 0. The van der Waals surface area contributed by atoms with E-state index in [1.54, 1.807) is 0 Å². The smallest absolute Gasteiger partial charge is 0.121 e. The van der Waals surface area contributed by atoms with Gasteiger partial charge < -0.3 is 9.73 Å². The second-order valence-corrected chi connectivity index (χ2v) is 8.57. The minimum Gasteiger partial charge on any atom is -0.465 e. The van der Waals surface area contributed by atoms with Crippen LogP contribution < -0.4 is 5.32 Å². The van der Waals surface area contributed by atoms with Crippen molar-refractivity contribution in [1.29, 1.82) is 0 Å². The first kappa shape index (κ1) is 13.9. The van der Waals surface area contributed by atoms with Crippen LogP contribution in [0, 0.1) is 29.6 Å². The molecule has 4 saturated carbocycles. The molecule has 5 rings (SSSR count). The highest BCUT2D eigenvalue weighted by molar-refractivity contribution is 5.18. The van der Waals surface area contributed by atoms with Crippen molar-refractivity contribution in [3.63, 3.8) is 0 Å². The van der Waals surface area contributed by atoms with E-state index in [0.717, 1.165) is 24.1 Å². The fourth-order valence-electron chi connectivity index (χ4n) is 6.57. The van der Waals surface area contributed by atoms with Gasteiger partial charge in [0.15, 0.2) is 0 Å². The minimum atomic E-state index is 0.418. The highest BCUT2D eigenvalue weighted by Crippen LogP contribution is 2.68. The average Bonchev–Trinajstić information content (AvgIpc) is 2.79. The Hall–Kier alpha value is -0.760. The summed E-state index contributed by atoms with van der Waals surface area (Å²) in [6.45, 7) is 7.87. The van der Waals surface area contributed by atoms with Crippen LogP contribution in [0.15, 0.2) is 16.5 Å². The van der Waals surface area contributed by atoms with E-state index in [0.29, 0.717) is 16.9 Å². The molecular formula is C19H29NO. The van der Waals surface area contributed by atoms with E-state index < -0.39 is 0 Å². The third kappa shape index (κ3) is 2.18. The summed E-state index contributed by atoms with van der Waals surface area (Å²) < 4.78 is 6.06. The van der Waals surface area contributed by atoms with Crippen LogP contribution >= 0.6 is 0 Å². The Morgan fingerprint density at radius 1 is 1.24 bits per heavy atom. The highest BCUT2D eigenvalue weighted by atomic mass is 16.3. The van der Waals surface area contributed by atoms with Gasteiger partial charge in [-0.3, -0.25) is 0 Å². The van der Waals surface area contributed by atoms with Crippen molar-refractivity contribution in [2.24, 2.45) is 22.7 Å². The van der Waals surface area contributed by atoms with E-state index in [-0.39, 0.29) is 0 Å². The molecule has 0 aliphatic heterocycles. The molecule has 1 aromatic heterocycles. The van der Waals surface area contributed by atoms with Gasteiger partial charge >= 0.3 is 0 Å². The van der Waals surface area contributed by atoms with Crippen molar-refractivity contribution in [3.05, 3.63) is 23.7 Å². The summed E-state index contributed by atoms with van der Waals surface area (Å²) in [5, 5.41) is 3.79. The van der Waals surface area contributed by atoms with Gasteiger partial charge in [-0.1, -0.05) is 13.8 Å². The van der Waals surface area contributed by atoms with Gasteiger partial charge in [-0.15, -0.1) is 0 Å². The van der Waals surface area contributed by atoms with Crippen molar-refractivity contribution >= 4 is 0 Å². The predicted molar refractivity (Wildman–Crippen MR) is 85.1 cm³/mol. The lowest BCUT2D eigenvalue weighted by Crippen LogP contribution is -2.55. The molecule has 0 saturated heterocycles. The molecule has 3 atom stereocenters. The van der Waals surface area contributed by atoms with Gasteiger partial charge in [0.2, 0.25) is 0 Å². The molecule has 2 nitrogen and oxygen atoms in total. The maximum atomic E-state index is 6.06. The molecule has 2 heteroatoms. The van der Waals surface area contributed by atoms with Gasteiger partial charge in [0, 0.05) is 0 Å². The Bertz CT molecular complexity index is 517. The number of furan rings is 1. The lowest BCUT2D eigenvalue weighted by Gasteiger charge is -2.63. The third-order valence-electron chi connectivity index (χ3n) is 6.47. The van der Waals surface area contributed by atoms with E-state index in [4.69, 9.17) is 4.42 Å². The molecule has 0 spiro atoms. The number of hydrogen-bond acceptors (Lipinski definition) is 2. The fraction of sp³-hybridized carbons (Fsp3) is 0.789. The quantitative estimate of drug-likeness (QED) is 0.856. The van der Waals surface area contributed by atoms with Crippen LogP contribution in [-0.4, -0.2) is 6.54 Å². The number of hydrogen-bond donors (Lipinski definition) is 1. The molecule has 4 bridgehead atoms. The average molecular weight is 287 g/mol. The first-order valence-corrected chi connectivity index (χ1v) is 8.82. The van der Waals surface area contributed by atoms with Crippen LogP contribution in [0.2, 0.25) is 0 Å². The van der Waals surface area contributed by atoms with E-state index in [9.17, 15) is 0 Å². The van der Waals surface area contributed by atoms with E-state index in [1.165, 1.54) is 44.3 Å². The molecular weight excluding hydrogens is 258 g/mol. The molecule has 0 amide bonds. The predicted octanol–water partition coefficient (Wildman–Crippen LogP) is 4.85. The second-order valence-electron chi connectivity index (χ2n) is 8.57.